The maximum absolute atomic E-state index is 9.19. The minimum Gasteiger partial charge on any atom is -0.494 e. The molecule has 0 heterocycles. The number of rotatable bonds is 4. The molecule has 1 aliphatic rings. The van der Waals surface area contributed by atoms with Crippen molar-refractivity contribution in [3.63, 3.8) is 0 Å². The van der Waals surface area contributed by atoms with Crippen molar-refractivity contribution in [2.24, 2.45) is 0 Å². The maximum atomic E-state index is 9.19. The highest BCUT2D eigenvalue weighted by atomic mass is 79.9. The molecule has 4 heteroatoms. The smallest absolute Gasteiger partial charge is 0.140 e. The molecule has 1 aliphatic carbocycles. The fraction of sp³-hybridized carbons (Fsp3) is 0.400. The summed E-state index contributed by atoms with van der Waals surface area (Å²) in [6.45, 7) is 3.44. The Morgan fingerprint density at radius 3 is 3.00 bits per heavy atom. The Morgan fingerprint density at radius 1 is 1.79 bits per heavy atom. The van der Waals surface area contributed by atoms with Crippen LogP contribution in [0.2, 0.25) is 0 Å². The lowest BCUT2D eigenvalue weighted by atomic mass is 9.94. The Bertz CT molecular complexity index is 273. The van der Waals surface area contributed by atoms with Gasteiger partial charge < -0.3 is 9.84 Å². The molecule has 0 bridgehead atoms. The van der Waals surface area contributed by atoms with Gasteiger partial charge in [-0.3, -0.25) is 0 Å². The topological polar surface area (TPSA) is 29.5 Å². The van der Waals surface area contributed by atoms with Crippen LogP contribution in [0.15, 0.2) is 35.6 Å². The number of alkyl halides is 1. The number of hydrogen-bond acceptors (Lipinski definition) is 2. The molecule has 0 aromatic rings. The first-order valence-electron chi connectivity index (χ1n) is 4.22. The van der Waals surface area contributed by atoms with Crippen LogP contribution in [0.3, 0.4) is 0 Å². The Morgan fingerprint density at radius 2 is 2.50 bits per heavy atom. The van der Waals surface area contributed by atoms with Crippen molar-refractivity contribution in [2.75, 3.05) is 6.61 Å². The lowest BCUT2D eigenvalue weighted by molar-refractivity contribution is 0.0614. The summed E-state index contributed by atoms with van der Waals surface area (Å²) in [4.78, 5) is 0. The summed E-state index contributed by atoms with van der Waals surface area (Å²) in [6.07, 6.45) is 7.66. The number of halogens is 2. The molecule has 78 valence electrons. The summed E-state index contributed by atoms with van der Waals surface area (Å²) in [5.41, 5.74) is 0. The van der Waals surface area contributed by atoms with Crippen molar-refractivity contribution in [2.45, 2.75) is 16.8 Å². The fourth-order valence-corrected chi connectivity index (χ4v) is 3.03. The van der Waals surface area contributed by atoms with Gasteiger partial charge in [0.2, 0.25) is 0 Å². The van der Waals surface area contributed by atoms with Crippen molar-refractivity contribution in [3.05, 3.63) is 35.6 Å². The summed E-state index contributed by atoms with van der Waals surface area (Å²) in [7, 11) is 0. The van der Waals surface area contributed by atoms with Gasteiger partial charge in [0.15, 0.2) is 0 Å². The minimum absolute atomic E-state index is 0.0537. The zero-order valence-corrected chi connectivity index (χ0v) is 10.8. The third kappa shape index (κ3) is 2.72. The summed E-state index contributed by atoms with van der Waals surface area (Å²) in [6, 6.07) is 0. The average molecular weight is 324 g/mol. The molecule has 1 rings (SSSR count). The Hall–Kier alpha value is -0.0600. The molecule has 2 unspecified atom stereocenters. The summed E-state index contributed by atoms with van der Waals surface area (Å²) < 4.78 is 5.96. The van der Waals surface area contributed by atoms with E-state index < -0.39 is 0 Å². The van der Waals surface area contributed by atoms with Gasteiger partial charge in [-0.25, -0.2) is 0 Å². The van der Waals surface area contributed by atoms with Gasteiger partial charge in [-0.15, -0.1) is 0 Å². The van der Waals surface area contributed by atoms with E-state index in [1.807, 2.05) is 18.2 Å². The van der Waals surface area contributed by atoms with Crippen LogP contribution in [0.4, 0.5) is 0 Å². The standard InChI is InChI=1S/C10H12Br2O2/c1-2-14-9(7-13)10(12)5-3-4-8(11)6-10/h2-5,9,13H,1,6-7H2. The van der Waals surface area contributed by atoms with Gasteiger partial charge in [0.25, 0.3) is 0 Å². The van der Waals surface area contributed by atoms with E-state index in [0.29, 0.717) is 0 Å². The van der Waals surface area contributed by atoms with E-state index in [2.05, 4.69) is 38.4 Å². The SMILES string of the molecule is C=COC(CO)C1(Br)C=CC=C(Br)C1. The van der Waals surface area contributed by atoms with Crippen molar-refractivity contribution in [1.82, 2.24) is 0 Å². The second-order valence-corrected chi connectivity index (χ2v) is 5.55. The van der Waals surface area contributed by atoms with E-state index in [4.69, 9.17) is 4.74 Å². The normalized spacial score (nSPS) is 28.1. The van der Waals surface area contributed by atoms with Gasteiger partial charge in [-0.1, -0.05) is 56.7 Å². The Kier molecular flexibility index (Phi) is 4.41. The molecule has 0 aromatic carbocycles. The van der Waals surface area contributed by atoms with Crippen molar-refractivity contribution in [3.8, 4) is 0 Å². The molecule has 0 aromatic heterocycles. The van der Waals surface area contributed by atoms with E-state index in [1.54, 1.807) is 0 Å². The van der Waals surface area contributed by atoms with Crippen LogP contribution >= 0.6 is 31.9 Å². The maximum Gasteiger partial charge on any atom is 0.140 e. The molecule has 0 radical (unpaired) electrons. The largest absolute Gasteiger partial charge is 0.494 e. The summed E-state index contributed by atoms with van der Waals surface area (Å²) >= 11 is 7.00. The second-order valence-electron chi connectivity index (χ2n) is 3.05. The van der Waals surface area contributed by atoms with Crippen molar-refractivity contribution in [1.29, 1.82) is 0 Å². The van der Waals surface area contributed by atoms with Crippen LogP contribution in [0.5, 0.6) is 0 Å². The van der Waals surface area contributed by atoms with E-state index in [9.17, 15) is 5.11 Å². The van der Waals surface area contributed by atoms with Gasteiger partial charge in [0, 0.05) is 6.42 Å². The number of allylic oxidation sites excluding steroid dienone is 3. The molecular weight excluding hydrogens is 312 g/mol. The third-order valence-corrected chi connectivity index (χ3v) is 3.65. The van der Waals surface area contributed by atoms with Gasteiger partial charge in [0.1, 0.15) is 6.10 Å². The second kappa shape index (κ2) is 5.14. The van der Waals surface area contributed by atoms with Crippen LogP contribution in [0, 0.1) is 0 Å². The zero-order chi connectivity index (χ0) is 10.6. The van der Waals surface area contributed by atoms with Crippen LogP contribution in [0.1, 0.15) is 6.42 Å². The third-order valence-electron chi connectivity index (χ3n) is 2.05. The molecule has 2 nitrogen and oxygen atoms in total. The lowest BCUT2D eigenvalue weighted by Gasteiger charge is -2.32. The van der Waals surface area contributed by atoms with Crippen LogP contribution in [-0.2, 0) is 4.74 Å². The molecule has 1 N–H and O–H groups in total. The highest BCUT2D eigenvalue weighted by Crippen LogP contribution is 2.38. The number of ether oxygens (including phenoxy) is 1. The first kappa shape index (κ1) is 12.0. The van der Waals surface area contributed by atoms with E-state index in [1.165, 1.54) is 6.26 Å². The van der Waals surface area contributed by atoms with E-state index in [0.717, 1.165) is 10.9 Å². The number of aliphatic hydroxyl groups is 1. The van der Waals surface area contributed by atoms with Crippen LogP contribution in [-0.4, -0.2) is 22.1 Å². The lowest BCUT2D eigenvalue weighted by Crippen LogP contribution is -2.39. The molecular formula is C10H12Br2O2. The molecule has 14 heavy (non-hydrogen) atoms. The van der Waals surface area contributed by atoms with Crippen molar-refractivity contribution >= 4 is 31.9 Å². The predicted molar refractivity (Wildman–Crippen MR) is 64.6 cm³/mol. The minimum atomic E-state index is -0.358. The highest BCUT2D eigenvalue weighted by molar-refractivity contribution is 9.12. The monoisotopic (exact) mass is 322 g/mol. The molecule has 0 fully saturated rings. The quantitative estimate of drug-likeness (QED) is 0.637. The van der Waals surface area contributed by atoms with Gasteiger partial charge in [0.05, 0.1) is 17.2 Å². The van der Waals surface area contributed by atoms with Crippen LogP contribution < -0.4 is 0 Å². The molecule has 0 aliphatic heterocycles. The Labute approximate surface area is 101 Å². The summed E-state index contributed by atoms with van der Waals surface area (Å²) in [5.74, 6) is 0. The van der Waals surface area contributed by atoms with Crippen molar-refractivity contribution < 1.29 is 9.84 Å². The molecule has 0 saturated carbocycles. The molecule has 0 spiro atoms. The highest BCUT2D eigenvalue weighted by Gasteiger charge is 2.36. The van der Waals surface area contributed by atoms with Gasteiger partial charge in [-0.2, -0.15) is 0 Å². The van der Waals surface area contributed by atoms with Crippen LogP contribution in [0.25, 0.3) is 0 Å². The first-order chi connectivity index (χ1) is 6.62. The van der Waals surface area contributed by atoms with Gasteiger partial charge >= 0.3 is 0 Å². The Balaban J connectivity index is 2.78. The van der Waals surface area contributed by atoms with E-state index >= 15 is 0 Å². The average Bonchev–Trinajstić information content (AvgIpc) is 2.13. The molecule has 2 atom stereocenters. The molecule has 0 saturated heterocycles. The molecule has 0 amide bonds. The predicted octanol–water partition coefficient (Wildman–Crippen LogP) is 2.88. The summed E-state index contributed by atoms with van der Waals surface area (Å²) in [5, 5.41) is 9.19. The number of aliphatic hydroxyl groups excluding tert-OH is 1. The number of hydrogen-bond donors (Lipinski definition) is 1. The first-order valence-corrected chi connectivity index (χ1v) is 5.81. The van der Waals surface area contributed by atoms with Gasteiger partial charge in [-0.05, 0) is 4.48 Å². The fourth-order valence-electron chi connectivity index (χ4n) is 1.33. The van der Waals surface area contributed by atoms with E-state index in [-0.39, 0.29) is 17.0 Å². The zero-order valence-electron chi connectivity index (χ0n) is 7.62.